The minimum atomic E-state index is -0.628. The first-order valence-corrected chi connectivity index (χ1v) is 11.3. The van der Waals surface area contributed by atoms with E-state index in [0.717, 1.165) is 36.8 Å². The molecule has 7 heteroatoms. The Hall–Kier alpha value is -1.75. The summed E-state index contributed by atoms with van der Waals surface area (Å²) in [6.07, 6.45) is 4.33. The van der Waals surface area contributed by atoms with E-state index in [-0.39, 0.29) is 30.8 Å². The second-order valence-corrected chi connectivity index (χ2v) is 8.93. The van der Waals surface area contributed by atoms with Crippen LogP contribution >= 0.6 is 34.8 Å². The number of benzene rings is 2. The normalized spacial score (nSPS) is 15.1. The van der Waals surface area contributed by atoms with Gasteiger partial charge in [-0.2, -0.15) is 0 Å². The summed E-state index contributed by atoms with van der Waals surface area (Å²) in [6, 6.07) is 12.0. The Morgan fingerprint density at radius 3 is 2.40 bits per heavy atom. The molecule has 1 unspecified atom stereocenters. The topological polar surface area (TPSA) is 49.4 Å². The van der Waals surface area contributed by atoms with E-state index in [0.29, 0.717) is 15.1 Å². The summed E-state index contributed by atoms with van der Waals surface area (Å²) in [5.74, 6) is -0.321. The van der Waals surface area contributed by atoms with Gasteiger partial charge in [-0.1, -0.05) is 71.9 Å². The molecule has 1 N–H and O–H groups in total. The second-order valence-electron chi connectivity index (χ2n) is 7.70. The van der Waals surface area contributed by atoms with Crippen molar-refractivity contribution in [2.24, 2.45) is 0 Å². The Labute approximate surface area is 192 Å². The van der Waals surface area contributed by atoms with Crippen LogP contribution in [0.4, 0.5) is 0 Å². The lowest BCUT2D eigenvalue weighted by atomic mass is 10.1. The highest BCUT2D eigenvalue weighted by Crippen LogP contribution is 2.24. The van der Waals surface area contributed by atoms with Gasteiger partial charge < -0.3 is 10.2 Å². The van der Waals surface area contributed by atoms with E-state index in [1.54, 1.807) is 36.1 Å². The van der Waals surface area contributed by atoms with E-state index >= 15 is 0 Å². The first-order chi connectivity index (χ1) is 14.3. The summed E-state index contributed by atoms with van der Waals surface area (Å²) in [4.78, 5) is 27.7. The largest absolute Gasteiger partial charge is 0.352 e. The minimum absolute atomic E-state index is 0.113. The Bertz CT molecular complexity index is 913. The molecule has 3 rings (SSSR count). The number of carbonyl (C=O) groups is 2. The summed E-state index contributed by atoms with van der Waals surface area (Å²) in [6.45, 7) is 2.01. The Kier molecular flexibility index (Phi) is 8.04. The van der Waals surface area contributed by atoms with Crippen LogP contribution in [0.5, 0.6) is 0 Å². The average molecular weight is 468 g/mol. The van der Waals surface area contributed by atoms with Gasteiger partial charge in [-0.05, 0) is 49.1 Å². The fourth-order valence-electron chi connectivity index (χ4n) is 3.71. The zero-order valence-corrected chi connectivity index (χ0v) is 19.1. The van der Waals surface area contributed by atoms with Crippen molar-refractivity contribution in [2.75, 3.05) is 0 Å². The predicted molar refractivity (Wildman–Crippen MR) is 122 cm³/mol. The molecule has 0 aliphatic heterocycles. The summed E-state index contributed by atoms with van der Waals surface area (Å²) in [7, 11) is 0. The molecule has 0 radical (unpaired) electrons. The van der Waals surface area contributed by atoms with Gasteiger partial charge in [0.25, 0.3) is 0 Å². The zero-order valence-electron chi connectivity index (χ0n) is 16.8. The number of carbonyl (C=O) groups excluding carboxylic acids is 2. The van der Waals surface area contributed by atoms with Crippen molar-refractivity contribution in [1.29, 1.82) is 0 Å². The maximum Gasteiger partial charge on any atom is 0.242 e. The van der Waals surface area contributed by atoms with Gasteiger partial charge in [-0.3, -0.25) is 9.59 Å². The van der Waals surface area contributed by atoms with Crippen molar-refractivity contribution in [2.45, 2.75) is 57.7 Å². The summed E-state index contributed by atoms with van der Waals surface area (Å²) in [5, 5.41) is 4.48. The van der Waals surface area contributed by atoms with E-state index < -0.39 is 6.04 Å². The number of hydrogen-bond donors (Lipinski definition) is 1. The van der Waals surface area contributed by atoms with E-state index in [1.165, 1.54) is 0 Å². The smallest absolute Gasteiger partial charge is 0.242 e. The van der Waals surface area contributed by atoms with Gasteiger partial charge in [-0.25, -0.2) is 0 Å². The van der Waals surface area contributed by atoms with Crippen LogP contribution in [0.15, 0.2) is 42.5 Å². The summed E-state index contributed by atoms with van der Waals surface area (Å²) in [5.41, 5.74) is 1.53. The van der Waals surface area contributed by atoms with Crippen molar-refractivity contribution in [3.05, 3.63) is 68.7 Å². The van der Waals surface area contributed by atoms with Crippen LogP contribution in [0, 0.1) is 0 Å². The highest BCUT2D eigenvalue weighted by atomic mass is 35.5. The number of halogens is 3. The highest BCUT2D eigenvalue weighted by Gasteiger charge is 2.29. The highest BCUT2D eigenvalue weighted by molar-refractivity contribution is 6.42. The Balaban J connectivity index is 1.79. The van der Waals surface area contributed by atoms with E-state index in [4.69, 9.17) is 34.8 Å². The van der Waals surface area contributed by atoms with E-state index in [9.17, 15) is 9.59 Å². The van der Waals surface area contributed by atoms with Gasteiger partial charge in [0.05, 0.1) is 16.5 Å². The zero-order chi connectivity index (χ0) is 21.7. The Morgan fingerprint density at radius 1 is 1.03 bits per heavy atom. The third-order valence-electron chi connectivity index (χ3n) is 5.51. The molecule has 0 aromatic heterocycles. The molecule has 1 saturated carbocycles. The van der Waals surface area contributed by atoms with Crippen LogP contribution in [0.1, 0.15) is 43.7 Å². The maximum atomic E-state index is 13.2. The van der Waals surface area contributed by atoms with Crippen molar-refractivity contribution >= 4 is 46.6 Å². The van der Waals surface area contributed by atoms with Gasteiger partial charge in [0.15, 0.2) is 0 Å². The van der Waals surface area contributed by atoms with Crippen LogP contribution in [0.2, 0.25) is 15.1 Å². The standard InChI is InChI=1S/C23H25Cl3N2O2/c1-15(23(30)27-18-7-3-4-8-18)28(14-17-6-2-5-9-19(17)24)22(29)13-16-10-11-20(25)21(26)12-16/h2,5-6,9-12,15,18H,3-4,7-8,13-14H2,1H3,(H,27,30). The van der Waals surface area contributed by atoms with E-state index in [1.807, 2.05) is 18.2 Å². The van der Waals surface area contributed by atoms with Gasteiger partial charge in [0, 0.05) is 17.6 Å². The Morgan fingerprint density at radius 2 is 1.73 bits per heavy atom. The molecule has 0 bridgehead atoms. The van der Waals surface area contributed by atoms with Crippen molar-refractivity contribution in [3.63, 3.8) is 0 Å². The van der Waals surface area contributed by atoms with Crippen molar-refractivity contribution < 1.29 is 9.59 Å². The average Bonchev–Trinajstić information content (AvgIpc) is 3.22. The fourth-order valence-corrected chi connectivity index (χ4v) is 4.23. The van der Waals surface area contributed by atoms with Gasteiger partial charge in [-0.15, -0.1) is 0 Å². The molecule has 2 amide bonds. The molecule has 0 spiro atoms. The minimum Gasteiger partial charge on any atom is -0.352 e. The van der Waals surface area contributed by atoms with Gasteiger partial charge in [0.1, 0.15) is 6.04 Å². The first-order valence-electron chi connectivity index (χ1n) is 10.1. The number of rotatable bonds is 7. The first kappa shape index (κ1) is 22.9. The number of nitrogens with one attached hydrogen (secondary N) is 1. The lowest BCUT2D eigenvalue weighted by Gasteiger charge is -2.30. The van der Waals surface area contributed by atoms with Crippen LogP contribution in [-0.2, 0) is 22.6 Å². The predicted octanol–water partition coefficient (Wildman–Crippen LogP) is 5.67. The molecular weight excluding hydrogens is 443 g/mol. The lowest BCUT2D eigenvalue weighted by molar-refractivity contribution is -0.140. The summed E-state index contributed by atoms with van der Waals surface area (Å²) < 4.78 is 0. The summed E-state index contributed by atoms with van der Waals surface area (Å²) >= 11 is 18.4. The third kappa shape index (κ3) is 5.90. The molecule has 160 valence electrons. The number of nitrogens with zero attached hydrogens (tertiary/aromatic N) is 1. The molecular formula is C23H25Cl3N2O2. The molecule has 2 aromatic rings. The molecule has 1 aliphatic carbocycles. The monoisotopic (exact) mass is 466 g/mol. The molecule has 1 aliphatic rings. The molecule has 0 saturated heterocycles. The van der Waals surface area contributed by atoms with Gasteiger partial charge in [0.2, 0.25) is 11.8 Å². The van der Waals surface area contributed by atoms with Crippen molar-refractivity contribution in [1.82, 2.24) is 10.2 Å². The molecule has 2 aromatic carbocycles. The van der Waals surface area contributed by atoms with Crippen LogP contribution < -0.4 is 5.32 Å². The fraction of sp³-hybridized carbons (Fsp3) is 0.391. The van der Waals surface area contributed by atoms with Crippen LogP contribution in [0.3, 0.4) is 0 Å². The van der Waals surface area contributed by atoms with E-state index in [2.05, 4.69) is 5.32 Å². The lowest BCUT2D eigenvalue weighted by Crippen LogP contribution is -2.50. The quantitative estimate of drug-likeness (QED) is 0.571. The molecule has 1 atom stereocenters. The number of amides is 2. The maximum absolute atomic E-state index is 13.2. The second kappa shape index (κ2) is 10.5. The molecule has 1 fully saturated rings. The third-order valence-corrected chi connectivity index (χ3v) is 6.61. The van der Waals surface area contributed by atoms with Crippen LogP contribution in [-0.4, -0.2) is 28.8 Å². The molecule has 0 heterocycles. The van der Waals surface area contributed by atoms with Crippen LogP contribution in [0.25, 0.3) is 0 Å². The molecule has 30 heavy (non-hydrogen) atoms. The SMILES string of the molecule is CC(C(=O)NC1CCCC1)N(Cc1ccccc1Cl)C(=O)Cc1ccc(Cl)c(Cl)c1. The number of hydrogen-bond acceptors (Lipinski definition) is 2. The van der Waals surface area contributed by atoms with Gasteiger partial charge >= 0.3 is 0 Å². The molecule has 4 nitrogen and oxygen atoms in total. The van der Waals surface area contributed by atoms with Crippen molar-refractivity contribution in [3.8, 4) is 0 Å².